The van der Waals surface area contributed by atoms with Crippen molar-refractivity contribution >= 4 is 24.3 Å². The fourth-order valence-electron chi connectivity index (χ4n) is 1.63. The van der Waals surface area contributed by atoms with Gasteiger partial charge in [-0.25, -0.2) is 0 Å². The van der Waals surface area contributed by atoms with Gasteiger partial charge in [-0.3, -0.25) is 0 Å². The maximum Gasteiger partial charge on any atom is 0.488 e. The summed E-state index contributed by atoms with van der Waals surface area (Å²) in [7, 11) is 0.751. The molecule has 1 aromatic carbocycles. The molecule has 0 bridgehead atoms. The summed E-state index contributed by atoms with van der Waals surface area (Å²) in [6.07, 6.45) is 0. The molecule has 2 rings (SSSR count). The predicted molar refractivity (Wildman–Crippen MR) is 63.4 cm³/mol. The van der Waals surface area contributed by atoms with E-state index in [1.165, 1.54) is 4.90 Å². The van der Waals surface area contributed by atoms with Crippen molar-refractivity contribution in [3.63, 3.8) is 0 Å². The second-order valence-electron chi connectivity index (χ2n) is 3.90. The van der Waals surface area contributed by atoms with Crippen LogP contribution in [0.25, 0.3) is 0 Å². The molecule has 1 aromatic rings. The lowest BCUT2D eigenvalue weighted by atomic mass is 9.81. The van der Waals surface area contributed by atoms with Crippen LogP contribution >= 0.6 is 11.8 Å². The van der Waals surface area contributed by atoms with Gasteiger partial charge in [-0.15, -0.1) is 11.8 Å². The summed E-state index contributed by atoms with van der Waals surface area (Å²) in [6, 6.07) is 7.40. The summed E-state index contributed by atoms with van der Waals surface area (Å²) in [6.45, 7) is 2.27. The molecule has 1 fully saturated rings. The number of benzene rings is 1. The zero-order chi connectivity index (χ0) is 10.8. The highest BCUT2D eigenvalue weighted by atomic mass is 32.2. The largest absolute Gasteiger partial charge is 0.488 e. The molecule has 2 N–H and O–H groups in total. The summed E-state index contributed by atoms with van der Waals surface area (Å²) >= 11 is 1.85. The third-order valence-corrected chi connectivity index (χ3v) is 3.69. The Kier molecular flexibility index (Phi) is 3.36. The van der Waals surface area contributed by atoms with Crippen molar-refractivity contribution in [3.8, 4) is 0 Å². The zero-order valence-corrected chi connectivity index (χ0v) is 9.44. The Bertz CT molecular complexity index is 325. The van der Waals surface area contributed by atoms with Gasteiger partial charge in [0, 0.05) is 23.2 Å². The molecule has 1 aliphatic heterocycles. The topological polar surface area (TPSA) is 43.7 Å². The van der Waals surface area contributed by atoms with E-state index < -0.39 is 7.12 Å². The minimum atomic E-state index is -1.36. The van der Waals surface area contributed by atoms with Crippen molar-refractivity contribution in [2.24, 2.45) is 0 Å². The predicted octanol–water partition coefficient (Wildman–Crippen LogP) is -0.228. The van der Waals surface area contributed by atoms with E-state index in [0.717, 1.165) is 13.1 Å². The van der Waals surface area contributed by atoms with Crippen LogP contribution in [0.2, 0.25) is 0 Å². The molecule has 3 nitrogen and oxygen atoms in total. The van der Waals surface area contributed by atoms with Gasteiger partial charge < -0.3 is 14.9 Å². The van der Waals surface area contributed by atoms with E-state index in [1.807, 2.05) is 23.9 Å². The molecule has 5 heteroatoms. The molecule has 80 valence electrons. The Morgan fingerprint density at radius 3 is 2.33 bits per heavy atom. The molecule has 1 saturated heterocycles. The molecule has 0 aliphatic carbocycles. The standard InChI is InChI=1S/C10H14BNO2S/c1-12-6-10(7-12)15-9-4-2-8(3-5-9)11(13)14/h2-5,10,13-14H,6-7H2,1H3. The monoisotopic (exact) mass is 223 g/mol. The molecule has 0 unspecified atom stereocenters. The van der Waals surface area contributed by atoms with Crippen molar-refractivity contribution in [3.05, 3.63) is 24.3 Å². The number of likely N-dealkylation sites (tertiary alicyclic amines) is 1. The van der Waals surface area contributed by atoms with Crippen LogP contribution in [-0.4, -0.2) is 47.5 Å². The van der Waals surface area contributed by atoms with E-state index in [0.29, 0.717) is 10.7 Å². The van der Waals surface area contributed by atoms with Crippen LogP contribution in [0.4, 0.5) is 0 Å². The minimum absolute atomic E-state index is 0.546. The molecule has 0 atom stereocenters. The number of nitrogens with zero attached hydrogens (tertiary/aromatic N) is 1. The summed E-state index contributed by atoms with van der Waals surface area (Å²) in [5, 5.41) is 18.5. The molecule has 0 saturated carbocycles. The van der Waals surface area contributed by atoms with Crippen molar-refractivity contribution in [1.29, 1.82) is 0 Å². The Hall–Kier alpha value is -0.485. The second kappa shape index (κ2) is 4.57. The van der Waals surface area contributed by atoms with Crippen LogP contribution in [0.1, 0.15) is 0 Å². The van der Waals surface area contributed by atoms with E-state index >= 15 is 0 Å². The summed E-state index contributed by atoms with van der Waals surface area (Å²) in [4.78, 5) is 3.47. The fraction of sp³-hybridized carbons (Fsp3) is 0.400. The molecule has 0 aromatic heterocycles. The van der Waals surface area contributed by atoms with E-state index in [1.54, 1.807) is 12.1 Å². The Balaban J connectivity index is 1.92. The van der Waals surface area contributed by atoms with Gasteiger partial charge >= 0.3 is 7.12 Å². The molecule has 1 heterocycles. The first-order chi connectivity index (χ1) is 7.15. The van der Waals surface area contributed by atoms with Gasteiger partial charge in [0.2, 0.25) is 0 Å². The smallest absolute Gasteiger partial charge is 0.423 e. The molecule has 0 spiro atoms. The van der Waals surface area contributed by atoms with Crippen LogP contribution in [0.3, 0.4) is 0 Å². The van der Waals surface area contributed by atoms with Gasteiger partial charge in [-0.1, -0.05) is 12.1 Å². The van der Waals surface area contributed by atoms with Gasteiger partial charge in [0.15, 0.2) is 0 Å². The van der Waals surface area contributed by atoms with Gasteiger partial charge in [-0.2, -0.15) is 0 Å². The van der Waals surface area contributed by atoms with E-state index in [2.05, 4.69) is 11.9 Å². The van der Waals surface area contributed by atoms with Gasteiger partial charge in [0.25, 0.3) is 0 Å². The first kappa shape index (κ1) is 11.0. The minimum Gasteiger partial charge on any atom is -0.423 e. The van der Waals surface area contributed by atoms with Crippen LogP contribution in [0.5, 0.6) is 0 Å². The fourth-order valence-corrected chi connectivity index (χ4v) is 2.96. The highest BCUT2D eigenvalue weighted by molar-refractivity contribution is 8.00. The average molecular weight is 223 g/mol. The zero-order valence-electron chi connectivity index (χ0n) is 8.63. The first-order valence-electron chi connectivity index (χ1n) is 4.96. The van der Waals surface area contributed by atoms with Crippen molar-refractivity contribution in [1.82, 2.24) is 4.90 Å². The normalized spacial score (nSPS) is 17.5. The summed E-state index contributed by atoms with van der Waals surface area (Å²) < 4.78 is 0. The number of hydrogen-bond donors (Lipinski definition) is 2. The van der Waals surface area contributed by atoms with E-state index in [-0.39, 0.29) is 0 Å². The van der Waals surface area contributed by atoms with Crippen LogP contribution < -0.4 is 5.46 Å². The van der Waals surface area contributed by atoms with Gasteiger partial charge in [0.05, 0.1) is 0 Å². The molecule has 1 aliphatic rings. The second-order valence-corrected chi connectivity index (χ2v) is 5.28. The molecule has 0 amide bonds. The van der Waals surface area contributed by atoms with Crippen molar-refractivity contribution in [2.45, 2.75) is 10.1 Å². The van der Waals surface area contributed by atoms with Crippen LogP contribution in [-0.2, 0) is 0 Å². The van der Waals surface area contributed by atoms with Crippen LogP contribution in [0.15, 0.2) is 29.2 Å². The number of rotatable bonds is 3. The van der Waals surface area contributed by atoms with Crippen molar-refractivity contribution in [2.75, 3.05) is 20.1 Å². The quantitative estimate of drug-likeness (QED) is 0.695. The summed E-state index contributed by atoms with van der Waals surface area (Å²) in [5.41, 5.74) is 0.546. The Morgan fingerprint density at radius 1 is 1.27 bits per heavy atom. The number of hydrogen-bond acceptors (Lipinski definition) is 4. The third kappa shape index (κ3) is 2.75. The first-order valence-corrected chi connectivity index (χ1v) is 5.84. The molecule has 15 heavy (non-hydrogen) atoms. The van der Waals surface area contributed by atoms with Gasteiger partial charge in [-0.05, 0) is 24.6 Å². The highest BCUT2D eigenvalue weighted by Crippen LogP contribution is 2.28. The maximum atomic E-state index is 8.93. The lowest BCUT2D eigenvalue weighted by Crippen LogP contribution is -2.45. The number of thioether (sulfide) groups is 1. The molecular formula is C10H14BNO2S. The molecule has 0 radical (unpaired) electrons. The lowest BCUT2D eigenvalue weighted by molar-refractivity contribution is 0.239. The SMILES string of the molecule is CN1CC(Sc2ccc(B(O)O)cc2)C1. The maximum absolute atomic E-state index is 8.93. The average Bonchev–Trinajstić information content (AvgIpc) is 2.16. The van der Waals surface area contributed by atoms with E-state index in [4.69, 9.17) is 10.0 Å². The van der Waals surface area contributed by atoms with Crippen molar-refractivity contribution < 1.29 is 10.0 Å². The molecular weight excluding hydrogens is 209 g/mol. The third-order valence-electron chi connectivity index (χ3n) is 2.51. The lowest BCUT2D eigenvalue weighted by Gasteiger charge is -2.35. The van der Waals surface area contributed by atoms with Crippen LogP contribution in [0, 0.1) is 0 Å². The highest BCUT2D eigenvalue weighted by Gasteiger charge is 2.23. The Morgan fingerprint density at radius 2 is 1.87 bits per heavy atom. The summed E-state index contributed by atoms with van der Waals surface area (Å²) in [5.74, 6) is 0. The van der Waals surface area contributed by atoms with E-state index in [9.17, 15) is 0 Å². The van der Waals surface area contributed by atoms with Gasteiger partial charge in [0.1, 0.15) is 0 Å². The Labute approximate surface area is 94.2 Å².